The molecule has 0 aliphatic heterocycles. The van der Waals surface area contributed by atoms with E-state index in [-0.39, 0.29) is 24.6 Å². The maximum Gasteiger partial charge on any atom is -0.693 e. The van der Waals surface area contributed by atoms with E-state index < -0.39 is 33.0 Å². The fraction of sp³-hybridized carbons (Fsp3) is 0. The van der Waals surface area contributed by atoms with Gasteiger partial charge in [0.1, 0.15) is 0 Å². The van der Waals surface area contributed by atoms with Crippen LogP contribution in [-0.2, 0) is 33.0 Å². The molecule has 0 spiro atoms. The van der Waals surface area contributed by atoms with Crippen LogP contribution < -0.4 is 0 Å². The van der Waals surface area contributed by atoms with Crippen molar-refractivity contribution in [3.05, 3.63) is 24.6 Å². The van der Waals surface area contributed by atoms with Crippen molar-refractivity contribution >= 4 is 37.7 Å². The van der Waals surface area contributed by atoms with E-state index in [9.17, 15) is 0 Å². The second-order valence-corrected chi connectivity index (χ2v) is 6.66. The summed E-state index contributed by atoms with van der Waals surface area (Å²) in [7, 11) is 19.5. The minimum Gasteiger partial charge on any atom is -0.693 e. The maximum absolute atomic E-state index is 4.88. The van der Waals surface area contributed by atoms with Crippen molar-refractivity contribution in [3.8, 4) is 0 Å². The summed E-state index contributed by atoms with van der Waals surface area (Å²) in [5.74, 6) is 0. The molecule has 0 aliphatic carbocycles. The molecule has 0 amide bonds. The molecule has 0 aromatic rings. The Morgan fingerprint density at radius 1 is 0.500 bits per heavy atom. The summed E-state index contributed by atoms with van der Waals surface area (Å²) in [5.41, 5.74) is 0. The molecular weight excluding hydrogens is 588 g/mol. The normalized spacial score (nSPS) is 4.40. The number of hydrogen-bond donors (Lipinski definition) is 0. The van der Waals surface area contributed by atoms with Crippen LogP contribution in [0, 0.1) is 0 Å². The molecule has 0 saturated carbocycles. The van der Waals surface area contributed by atoms with Gasteiger partial charge in [0, 0.05) is 0 Å². The molecule has 10 heavy (non-hydrogen) atoms. The van der Waals surface area contributed by atoms with Gasteiger partial charge in [-0.2, -0.15) is 0 Å². The average molecular weight is 596 g/mol. The fourth-order valence-corrected chi connectivity index (χ4v) is 0. The second-order valence-electron chi connectivity index (χ2n) is 0.0904. The molecule has 8 N–H and O–H groups in total. The predicted octanol–water partition coefficient (Wildman–Crippen LogP) is 5.62. The molecule has 0 atom stereocenters. The molecule has 0 aromatic heterocycles. The van der Waals surface area contributed by atoms with Gasteiger partial charge in [-0.3, -0.25) is 0 Å². The van der Waals surface area contributed by atoms with Crippen molar-refractivity contribution in [2.24, 2.45) is 0 Å². The van der Waals surface area contributed by atoms with E-state index in [0.29, 0.717) is 0 Å². The molecule has 0 saturated heterocycles. The molecule has 0 unspecified atom stereocenters. The average Bonchev–Trinajstić information content (AvgIpc) is 1.39. The molecular formula is H8Cl4N4Pt2. The first kappa shape index (κ1) is 39.4. The second kappa shape index (κ2) is 64.0. The summed E-state index contributed by atoms with van der Waals surface area (Å²) in [6, 6.07) is 0. The first-order chi connectivity index (χ1) is 2.83. The van der Waals surface area contributed by atoms with Crippen molar-refractivity contribution < 1.29 is 33.0 Å². The van der Waals surface area contributed by atoms with Gasteiger partial charge in [0.05, 0.1) is 0 Å². The zero-order valence-electron chi connectivity index (χ0n) is 4.45. The van der Waals surface area contributed by atoms with E-state index in [1.807, 2.05) is 0 Å². The van der Waals surface area contributed by atoms with Crippen LogP contribution in [0.15, 0.2) is 0 Å². The van der Waals surface area contributed by atoms with E-state index in [2.05, 4.69) is 0 Å². The van der Waals surface area contributed by atoms with Gasteiger partial charge in [0.2, 0.25) is 0 Å². The Balaban J connectivity index is -0.00000000571. The van der Waals surface area contributed by atoms with Gasteiger partial charge in [-0.1, -0.05) is 0 Å². The van der Waals surface area contributed by atoms with Crippen molar-refractivity contribution in [1.29, 1.82) is 0 Å². The topological polar surface area (TPSA) is 134 Å². The number of rotatable bonds is 0. The van der Waals surface area contributed by atoms with E-state index in [1.54, 1.807) is 0 Å². The molecule has 0 radical (unpaired) electrons. The zero-order chi connectivity index (χ0) is 5.41. The molecule has 0 fully saturated rings. The van der Waals surface area contributed by atoms with Crippen LogP contribution in [0.5, 0.6) is 0 Å². The van der Waals surface area contributed by atoms with Gasteiger partial charge in [0.25, 0.3) is 0 Å². The monoisotopic (exact) mass is 594 g/mol. The third-order valence-electron chi connectivity index (χ3n) is 0. The zero-order valence-corrected chi connectivity index (χ0v) is 12.0. The Hall–Kier alpha value is 2.38. The smallest absolute Gasteiger partial charge is 0.693 e. The summed E-state index contributed by atoms with van der Waals surface area (Å²) >= 11 is -0.944. The minimum absolute atomic E-state index is 0. The van der Waals surface area contributed by atoms with Crippen LogP contribution >= 0.6 is 37.7 Å². The molecule has 0 aliphatic rings. The van der Waals surface area contributed by atoms with Gasteiger partial charge >= 0.3 is 70.6 Å². The summed E-state index contributed by atoms with van der Waals surface area (Å²) in [5, 5.41) is 0. The number of nitrogens with two attached hydrogens (primary N) is 4. The number of hydrogen-bond acceptors (Lipinski definition) is 0. The summed E-state index contributed by atoms with van der Waals surface area (Å²) in [4.78, 5) is 0. The minimum atomic E-state index is -0.472. The fourth-order valence-electron chi connectivity index (χ4n) is 0. The van der Waals surface area contributed by atoms with E-state index in [4.69, 9.17) is 37.7 Å². The third kappa shape index (κ3) is 162. The Morgan fingerprint density at radius 3 is 0.500 bits per heavy atom. The van der Waals surface area contributed by atoms with E-state index >= 15 is 0 Å². The van der Waals surface area contributed by atoms with E-state index in [0.717, 1.165) is 0 Å². The molecule has 10 heteroatoms. The van der Waals surface area contributed by atoms with Crippen molar-refractivity contribution in [2.45, 2.75) is 0 Å². The maximum atomic E-state index is 4.88. The van der Waals surface area contributed by atoms with Gasteiger partial charge in [0.15, 0.2) is 0 Å². The van der Waals surface area contributed by atoms with Crippen LogP contribution in [0.2, 0.25) is 0 Å². The van der Waals surface area contributed by atoms with Crippen LogP contribution in [0.25, 0.3) is 24.6 Å². The van der Waals surface area contributed by atoms with Crippen LogP contribution in [0.1, 0.15) is 0 Å². The predicted molar refractivity (Wildman–Crippen MR) is 44.5 cm³/mol. The van der Waals surface area contributed by atoms with Crippen molar-refractivity contribution in [1.82, 2.24) is 0 Å². The standard InChI is InChI=1S/4ClH.4H2N.2Pt/h4*1H;4*1H2;;/q;;;;4*-1;2*+4/p-4. The molecule has 0 heterocycles. The Morgan fingerprint density at radius 2 is 0.500 bits per heavy atom. The Bertz CT molecular complexity index is 17.2. The molecule has 0 aromatic carbocycles. The molecule has 0 bridgehead atoms. The summed E-state index contributed by atoms with van der Waals surface area (Å²) in [6.45, 7) is 0. The molecule has 76 valence electrons. The largest absolute Gasteiger partial charge is 0.693 e. The van der Waals surface area contributed by atoms with Gasteiger partial charge in [-0.05, 0) is 0 Å². The summed E-state index contributed by atoms with van der Waals surface area (Å²) < 4.78 is 0. The first-order valence-corrected chi connectivity index (χ1v) is 11.7. The summed E-state index contributed by atoms with van der Waals surface area (Å²) in [6.07, 6.45) is 0. The Kier molecular flexibility index (Phi) is 252. The SMILES string of the molecule is [Cl][Pt+2][Cl].[Cl][Pt+2][Cl].[NH2-].[NH2-].[NH2-].[NH2-]. The van der Waals surface area contributed by atoms with Crippen molar-refractivity contribution in [3.63, 3.8) is 0 Å². The van der Waals surface area contributed by atoms with Crippen LogP contribution in [0.3, 0.4) is 0 Å². The molecule has 0 rings (SSSR count). The quantitative estimate of drug-likeness (QED) is 0.344. The van der Waals surface area contributed by atoms with Gasteiger partial charge in [-0.25, -0.2) is 0 Å². The van der Waals surface area contributed by atoms with Gasteiger partial charge in [-0.15, -0.1) is 0 Å². The van der Waals surface area contributed by atoms with Crippen LogP contribution in [0.4, 0.5) is 0 Å². The van der Waals surface area contributed by atoms with Crippen molar-refractivity contribution in [2.75, 3.05) is 0 Å². The molecule has 4 nitrogen and oxygen atoms in total. The van der Waals surface area contributed by atoms with Gasteiger partial charge < -0.3 is 24.6 Å². The van der Waals surface area contributed by atoms with Crippen LogP contribution in [-0.4, -0.2) is 0 Å². The number of halogens is 4. The third-order valence-corrected chi connectivity index (χ3v) is 0. The Labute approximate surface area is 94.2 Å². The van der Waals surface area contributed by atoms with E-state index in [1.165, 1.54) is 0 Å². The first-order valence-electron chi connectivity index (χ1n) is 0.478.